The standard InChI is InChI=1S/C13H24N2O4/c1-11(2,3)19-10(16)15-12(4-5-18-9-12)6-13(17)7-14-8-13/h14,17H,4-9H2,1-3H3,(H,15,16). The van der Waals surface area contributed by atoms with Crippen molar-refractivity contribution in [3.63, 3.8) is 0 Å². The van der Waals surface area contributed by atoms with Gasteiger partial charge in [0.25, 0.3) is 0 Å². The molecule has 2 rings (SSSR count). The van der Waals surface area contributed by atoms with Gasteiger partial charge < -0.3 is 25.2 Å². The molecular formula is C13H24N2O4. The number of carbonyl (C=O) groups excluding carboxylic acids is 1. The Labute approximate surface area is 113 Å². The molecule has 0 aliphatic carbocycles. The quantitative estimate of drug-likeness (QED) is 0.693. The summed E-state index contributed by atoms with van der Waals surface area (Å²) in [5, 5.41) is 16.2. The molecule has 0 radical (unpaired) electrons. The maximum Gasteiger partial charge on any atom is 0.408 e. The zero-order chi connectivity index (χ0) is 14.1. The van der Waals surface area contributed by atoms with Crippen molar-refractivity contribution in [1.29, 1.82) is 0 Å². The number of alkyl carbamates (subject to hydrolysis) is 1. The van der Waals surface area contributed by atoms with E-state index < -0.39 is 22.8 Å². The van der Waals surface area contributed by atoms with E-state index >= 15 is 0 Å². The molecule has 0 bridgehead atoms. The number of rotatable bonds is 3. The summed E-state index contributed by atoms with van der Waals surface area (Å²) in [6.07, 6.45) is 0.745. The zero-order valence-electron chi connectivity index (χ0n) is 11.9. The maximum atomic E-state index is 11.9. The molecule has 1 amide bonds. The fraction of sp³-hybridized carbons (Fsp3) is 0.923. The first-order chi connectivity index (χ1) is 8.72. The molecule has 6 heteroatoms. The lowest BCUT2D eigenvalue weighted by Crippen LogP contribution is -2.65. The van der Waals surface area contributed by atoms with Gasteiger partial charge in [-0.2, -0.15) is 0 Å². The van der Waals surface area contributed by atoms with E-state index in [-0.39, 0.29) is 0 Å². The van der Waals surface area contributed by atoms with Crippen LogP contribution in [0, 0.1) is 0 Å². The molecule has 0 aromatic carbocycles. The van der Waals surface area contributed by atoms with Crippen LogP contribution in [0.1, 0.15) is 33.6 Å². The highest BCUT2D eigenvalue weighted by Gasteiger charge is 2.47. The molecule has 2 fully saturated rings. The van der Waals surface area contributed by atoms with Crippen molar-refractivity contribution in [2.24, 2.45) is 0 Å². The average Bonchev–Trinajstić information content (AvgIpc) is 2.60. The Morgan fingerprint density at radius 2 is 2.16 bits per heavy atom. The molecule has 6 nitrogen and oxygen atoms in total. The number of hydrogen-bond donors (Lipinski definition) is 3. The van der Waals surface area contributed by atoms with Gasteiger partial charge in [-0.05, 0) is 27.2 Å². The second kappa shape index (κ2) is 4.92. The predicted octanol–water partition coefficient (Wildman–Crippen LogP) is 0.395. The third-order valence-corrected chi connectivity index (χ3v) is 3.44. The van der Waals surface area contributed by atoms with E-state index in [1.165, 1.54) is 0 Å². The summed E-state index contributed by atoms with van der Waals surface area (Å²) in [5.74, 6) is 0. The molecular weight excluding hydrogens is 248 g/mol. The van der Waals surface area contributed by atoms with E-state index in [0.717, 1.165) is 0 Å². The molecule has 2 aliphatic rings. The minimum absolute atomic E-state index is 0.425. The minimum Gasteiger partial charge on any atom is -0.444 e. The van der Waals surface area contributed by atoms with E-state index in [1.54, 1.807) is 0 Å². The van der Waals surface area contributed by atoms with Crippen molar-refractivity contribution in [1.82, 2.24) is 10.6 Å². The predicted molar refractivity (Wildman–Crippen MR) is 70.0 cm³/mol. The summed E-state index contributed by atoms with van der Waals surface area (Å²) in [6.45, 7) is 7.62. The van der Waals surface area contributed by atoms with Gasteiger partial charge >= 0.3 is 6.09 Å². The third kappa shape index (κ3) is 3.81. The number of nitrogens with one attached hydrogen (secondary N) is 2. The van der Waals surface area contributed by atoms with E-state index in [0.29, 0.717) is 39.1 Å². The topological polar surface area (TPSA) is 79.8 Å². The summed E-state index contributed by atoms with van der Waals surface area (Å²) in [6, 6.07) is 0. The van der Waals surface area contributed by atoms with Gasteiger partial charge in [0.15, 0.2) is 0 Å². The van der Waals surface area contributed by atoms with Crippen LogP contribution in [0.2, 0.25) is 0 Å². The van der Waals surface area contributed by atoms with Crippen LogP contribution in [0.25, 0.3) is 0 Å². The van der Waals surface area contributed by atoms with Crippen molar-refractivity contribution in [3.8, 4) is 0 Å². The first kappa shape index (κ1) is 14.6. The Hall–Kier alpha value is -0.850. The van der Waals surface area contributed by atoms with Gasteiger partial charge in [-0.15, -0.1) is 0 Å². The molecule has 0 aromatic rings. The van der Waals surface area contributed by atoms with Gasteiger partial charge in [-0.1, -0.05) is 0 Å². The van der Waals surface area contributed by atoms with Crippen LogP contribution in [0.5, 0.6) is 0 Å². The maximum absolute atomic E-state index is 11.9. The SMILES string of the molecule is CC(C)(C)OC(=O)NC1(CC2(O)CNC2)CCOC1. The smallest absolute Gasteiger partial charge is 0.408 e. The lowest BCUT2D eigenvalue weighted by atomic mass is 9.80. The Balaban J connectivity index is 1.97. The Morgan fingerprint density at radius 3 is 2.58 bits per heavy atom. The van der Waals surface area contributed by atoms with Crippen LogP contribution in [-0.2, 0) is 9.47 Å². The van der Waals surface area contributed by atoms with Crippen molar-refractivity contribution in [2.75, 3.05) is 26.3 Å². The number of aliphatic hydroxyl groups is 1. The fourth-order valence-corrected chi connectivity index (χ4v) is 2.58. The number of amides is 1. The first-order valence-corrected chi connectivity index (χ1v) is 6.74. The van der Waals surface area contributed by atoms with Crippen LogP contribution in [0.4, 0.5) is 4.79 Å². The van der Waals surface area contributed by atoms with Gasteiger partial charge in [-0.25, -0.2) is 4.79 Å². The molecule has 1 atom stereocenters. The second-order valence-electron chi connectivity index (χ2n) is 6.71. The Morgan fingerprint density at radius 1 is 1.47 bits per heavy atom. The number of hydrogen-bond acceptors (Lipinski definition) is 5. The van der Waals surface area contributed by atoms with Crippen LogP contribution >= 0.6 is 0 Å². The van der Waals surface area contributed by atoms with Gasteiger partial charge in [-0.3, -0.25) is 0 Å². The number of carbonyl (C=O) groups is 1. The summed E-state index contributed by atoms with van der Waals surface area (Å²) < 4.78 is 10.7. The molecule has 110 valence electrons. The average molecular weight is 272 g/mol. The van der Waals surface area contributed by atoms with Gasteiger partial charge in [0, 0.05) is 26.1 Å². The van der Waals surface area contributed by atoms with Crippen LogP contribution < -0.4 is 10.6 Å². The summed E-state index contributed by atoms with van der Waals surface area (Å²) in [4.78, 5) is 11.9. The largest absolute Gasteiger partial charge is 0.444 e. The van der Waals surface area contributed by atoms with E-state index in [1.807, 2.05) is 20.8 Å². The van der Waals surface area contributed by atoms with Crippen molar-refractivity contribution >= 4 is 6.09 Å². The van der Waals surface area contributed by atoms with E-state index in [2.05, 4.69) is 10.6 Å². The van der Waals surface area contributed by atoms with E-state index in [4.69, 9.17) is 9.47 Å². The van der Waals surface area contributed by atoms with Crippen LogP contribution in [0.15, 0.2) is 0 Å². The van der Waals surface area contributed by atoms with Gasteiger partial charge in [0.1, 0.15) is 5.60 Å². The minimum atomic E-state index is -0.747. The van der Waals surface area contributed by atoms with Crippen LogP contribution in [0.3, 0.4) is 0 Å². The highest BCUT2D eigenvalue weighted by molar-refractivity contribution is 5.69. The highest BCUT2D eigenvalue weighted by Crippen LogP contribution is 2.31. The monoisotopic (exact) mass is 272 g/mol. The second-order valence-corrected chi connectivity index (χ2v) is 6.71. The molecule has 2 saturated heterocycles. The molecule has 3 N–H and O–H groups in total. The lowest BCUT2D eigenvalue weighted by molar-refractivity contribution is -0.0428. The fourth-order valence-electron chi connectivity index (χ4n) is 2.58. The summed E-state index contributed by atoms with van der Waals surface area (Å²) >= 11 is 0. The summed E-state index contributed by atoms with van der Waals surface area (Å²) in [5.41, 5.74) is -1.79. The van der Waals surface area contributed by atoms with Crippen molar-refractivity contribution in [3.05, 3.63) is 0 Å². The van der Waals surface area contributed by atoms with Gasteiger partial charge in [0.2, 0.25) is 0 Å². The number of β-amino-alcohol motifs (C(OH)–C–C–N with tert-alkyl or cyclic N) is 1. The van der Waals surface area contributed by atoms with Crippen molar-refractivity contribution in [2.45, 2.75) is 50.4 Å². The molecule has 19 heavy (non-hydrogen) atoms. The molecule has 0 saturated carbocycles. The normalized spacial score (nSPS) is 29.7. The van der Waals surface area contributed by atoms with Crippen molar-refractivity contribution < 1.29 is 19.4 Å². The summed E-state index contributed by atoms with van der Waals surface area (Å²) in [7, 11) is 0. The lowest BCUT2D eigenvalue weighted by Gasteiger charge is -2.43. The Kier molecular flexibility index (Phi) is 3.77. The molecule has 2 heterocycles. The molecule has 1 unspecified atom stereocenters. The molecule has 2 aliphatic heterocycles. The van der Waals surface area contributed by atoms with E-state index in [9.17, 15) is 9.90 Å². The third-order valence-electron chi connectivity index (χ3n) is 3.44. The van der Waals surface area contributed by atoms with Crippen LogP contribution in [-0.4, -0.2) is 54.2 Å². The number of ether oxygens (including phenoxy) is 2. The molecule has 0 spiro atoms. The zero-order valence-corrected chi connectivity index (χ0v) is 11.9. The first-order valence-electron chi connectivity index (χ1n) is 6.74. The highest BCUT2D eigenvalue weighted by atomic mass is 16.6. The molecule has 0 aromatic heterocycles. The Bertz CT molecular complexity index is 341. The van der Waals surface area contributed by atoms with Gasteiger partial charge in [0.05, 0.1) is 17.7 Å².